The molecule has 0 aliphatic heterocycles. The molecule has 7 nitrogen and oxygen atoms in total. The highest BCUT2D eigenvalue weighted by Crippen LogP contribution is 2.26. The number of hydrogen-bond donors (Lipinski definition) is 1. The highest BCUT2D eigenvalue weighted by atomic mass is 32.2. The zero-order valence-electron chi connectivity index (χ0n) is 17.6. The Labute approximate surface area is 196 Å². The number of aromatic nitrogens is 2. The van der Waals surface area contributed by atoms with Gasteiger partial charge in [0.25, 0.3) is 15.9 Å². The van der Waals surface area contributed by atoms with E-state index in [1.165, 1.54) is 35.2 Å². The number of rotatable bonds is 7. The van der Waals surface area contributed by atoms with Crippen molar-refractivity contribution in [2.75, 3.05) is 16.7 Å². The third-order valence-electron chi connectivity index (χ3n) is 4.71. The van der Waals surface area contributed by atoms with Gasteiger partial charge in [0, 0.05) is 30.7 Å². The molecule has 4 rings (SSSR count). The number of nitrogens with one attached hydrogen (secondary N) is 1. The van der Waals surface area contributed by atoms with Crippen molar-refractivity contribution >= 4 is 39.1 Å². The van der Waals surface area contributed by atoms with Gasteiger partial charge in [0.05, 0.1) is 10.6 Å². The predicted octanol–water partition coefficient (Wildman–Crippen LogP) is 4.71. The molecule has 0 saturated carbocycles. The highest BCUT2D eigenvalue weighted by Gasteiger charge is 2.22. The number of para-hydroxylation sites is 1. The third kappa shape index (κ3) is 5.39. The summed E-state index contributed by atoms with van der Waals surface area (Å²) in [7, 11) is -2.35. The molecule has 0 fully saturated rings. The van der Waals surface area contributed by atoms with Crippen molar-refractivity contribution < 1.29 is 13.2 Å². The van der Waals surface area contributed by atoms with E-state index in [-0.39, 0.29) is 10.5 Å². The number of sulfonamides is 1. The van der Waals surface area contributed by atoms with E-state index in [0.29, 0.717) is 16.4 Å². The minimum absolute atomic E-state index is 0.0302. The van der Waals surface area contributed by atoms with Crippen LogP contribution in [0.3, 0.4) is 0 Å². The molecule has 0 unspecified atom stereocenters. The number of anilines is 2. The van der Waals surface area contributed by atoms with E-state index in [0.717, 1.165) is 5.03 Å². The molecule has 1 amide bonds. The fourth-order valence-electron chi connectivity index (χ4n) is 2.99. The monoisotopic (exact) mass is 476 g/mol. The van der Waals surface area contributed by atoms with E-state index in [1.807, 2.05) is 24.3 Å². The SMILES string of the molecule is CN(c1ccccc1)S(=O)(=O)c1cccc(C(=O)Nc2ccnc(Sc3ccccn3)c2)c1. The van der Waals surface area contributed by atoms with Gasteiger partial charge in [-0.25, -0.2) is 18.4 Å². The number of amides is 1. The van der Waals surface area contributed by atoms with Crippen LogP contribution in [-0.4, -0.2) is 31.3 Å². The number of nitrogens with zero attached hydrogens (tertiary/aromatic N) is 3. The molecule has 4 aromatic rings. The maximum Gasteiger partial charge on any atom is 0.264 e. The van der Waals surface area contributed by atoms with Crippen molar-refractivity contribution in [2.24, 2.45) is 0 Å². The molecule has 0 saturated heterocycles. The van der Waals surface area contributed by atoms with Gasteiger partial charge in [0.15, 0.2) is 0 Å². The van der Waals surface area contributed by atoms with Crippen molar-refractivity contribution in [2.45, 2.75) is 14.9 Å². The van der Waals surface area contributed by atoms with E-state index in [4.69, 9.17) is 0 Å². The normalized spacial score (nSPS) is 11.1. The number of benzene rings is 2. The van der Waals surface area contributed by atoms with Gasteiger partial charge in [-0.1, -0.05) is 42.1 Å². The summed E-state index contributed by atoms with van der Waals surface area (Å²) < 4.78 is 27.3. The average Bonchev–Trinajstić information content (AvgIpc) is 2.85. The molecule has 0 radical (unpaired) electrons. The van der Waals surface area contributed by atoms with Gasteiger partial charge in [-0.15, -0.1) is 0 Å². The summed E-state index contributed by atoms with van der Waals surface area (Å²) in [6.07, 6.45) is 3.29. The van der Waals surface area contributed by atoms with Gasteiger partial charge in [-0.3, -0.25) is 9.10 Å². The second-order valence-corrected chi connectivity index (χ2v) is 9.95. The van der Waals surface area contributed by atoms with Crippen molar-refractivity contribution in [1.29, 1.82) is 0 Å². The van der Waals surface area contributed by atoms with Crippen molar-refractivity contribution in [1.82, 2.24) is 9.97 Å². The second-order valence-electron chi connectivity index (χ2n) is 6.94. The topological polar surface area (TPSA) is 92.3 Å². The van der Waals surface area contributed by atoms with Gasteiger partial charge < -0.3 is 5.32 Å². The van der Waals surface area contributed by atoms with E-state index >= 15 is 0 Å². The molecular formula is C24H20N4O3S2. The van der Waals surface area contributed by atoms with Crippen LogP contribution in [0.25, 0.3) is 0 Å². The Morgan fingerprint density at radius 2 is 1.61 bits per heavy atom. The first kappa shape index (κ1) is 22.5. The van der Waals surface area contributed by atoms with Crippen LogP contribution in [0.2, 0.25) is 0 Å². The van der Waals surface area contributed by atoms with E-state index < -0.39 is 15.9 Å². The van der Waals surface area contributed by atoms with Crippen LogP contribution in [0.15, 0.2) is 112 Å². The molecule has 0 bridgehead atoms. The van der Waals surface area contributed by atoms with E-state index in [9.17, 15) is 13.2 Å². The Morgan fingerprint density at radius 1 is 0.848 bits per heavy atom. The van der Waals surface area contributed by atoms with Gasteiger partial charge in [-0.05, 0) is 54.6 Å². The molecular weight excluding hydrogens is 456 g/mol. The summed E-state index contributed by atoms with van der Waals surface area (Å²) in [6.45, 7) is 0. The summed E-state index contributed by atoms with van der Waals surface area (Å²) in [5, 5.41) is 4.26. The van der Waals surface area contributed by atoms with Crippen molar-refractivity contribution in [3.8, 4) is 0 Å². The Kier molecular flexibility index (Phi) is 6.71. The minimum Gasteiger partial charge on any atom is -0.322 e. The second kappa shape index (κ2) is 9.85. The van der Waals surface area contributed by atoms with Crippen LogP contribution in [-0.2, 0) is 10.0 Å². The number of carbonyl (C=O) groups excluding carboxylic acids is 1. The van der Waals surface area contributed by atoms with Crippen LogP contribution in [0.1, 0.15) is 10.4 Å². The highest BCUT2D eigenvalue weighted by molar-refractivity contribution is 7.99. The van der Waals surface area contributed by atoms with Gasteiger partial charge in [0.1, 0.15) is 10.1 Å². The summed E-state index contributed by atoms with van der Waals surface area (Å²) in [6, 6.07) is 23.7. The number of hydrogen-bond acceptors (Lipinski definition) is 6. The maximum atomic E-state index is 13.1. The van der Waals surface area contributed by atoms with Crippen molar-refractivity contribution in [3.63, 3.8) is 0 Å². The van der Waals surface area contributed by atoms with Crippen LogP contribution in [0, 0.1) is 0 Å². The largest absolute Gasteiger partial charge is 0.322 e. The van der Waals surface area contributed by atoms with Gasteiger partial charge in [-0.2, -0.15) is 0 Å². The molecule has 0 spiro atoms. The maximum absolute atomic E-state index is 13.1. The Morgan fingerprint density at radius 3 is 2.36 bits per heavy atom. The Hall–Kier alpha value is -3.69. The zero-order valence-corrected chi connectivity index (χ0v) is 19.3. The van der Waals surface area contributed by atoms with Crippen LogP contribution in [0.4, 0.5) is 11.4 Å². The van der Waals surface area contributed by atoms with Gasteiger partial charge in [0.2, 0.25) is 0 Å². The van der Waals surface area contributed by atoms with Crippen LogP contribution in [0.5, 0.6) is 0 Å². The lowest BCUT2D eigenvalue weighted by Crippen LogP contribution is -2.26. The molecule has 0 atom stereocenters. The summed E-state index contributed by atoms with van der Waals surface area (Å²) >= 11 is 1.37. The molecule has 2 heterocycles. The Bertz CT molecular complexity index is 1360. The Balaban J connectivity index is 1.52. The number of pyridine rings is 2. The van der Waals surface area contributed by atoms with Gasteiger partial charge >= 0.3 is 0 Å². The van der Waals surface area contributed by atoms with Crippen molar-refractivity contribution in [3.05, 3.63) is 103 Å². The minimum atomic E-state index is -3.83. The predicted molar refractivity (Wildman–Crippen MR) is 129 cm³/mol. The summed E-state index contributed by atoms with van der Waals surface area (Å²) in [4.78, 5) is 21.4. The molecule has 2 aromatic heterocycles. The average molecular weight is 477 g/mol. The first-order valence-electron chi connectivity index (χ1n) is 9.94. The van der Waals surface area contributed by atoms with Crippen LogP contribution >= 0.6 is 11.8 Å². The molecule has 0 aliphatic rings. The lowest BCUT2D eigenvalue weighted by molar-refractivity contribution is 0.102. The summed E-state index contributed by atoms with van der Waals surface area (Å²) in [5.74, 6) is -0.422. The molecule has 2 aromatic carbocycles. The lowest BCUT2D eigenvalue weighted by atomic mass is 10.2. The standard InChI is InChI=1S/C24H20N4O3S2/c1-28(20-9-3-2-4-10-20)33(30,31)21-11-7-8-18(16-21)24(29)27-19-13-15-26-23(17-19)32-22-12-5-6-14-25-22/h2-17H,1H3,(H,26,27,29). The fraction of sp³-hybridized carbons (Fsp3) is 0.0417. The molecule has 33 heavy (non-hydrogen) atoms. The molecule has 166 valence electrons. The first-order valence-corrected chi connectivity index (χ1v) is 12.2. The summed E-state index contributed by atoms with van der Waals surface area (Å²) in [5.41, 5.74) is 1.30. The molecule has 0 aliphatic carbocycles. The number of carbonyl (C=O) groups is 1. The molecule has 9 heteroatoms. The molecule has 1 N–H and O–H groups in total. The zero-order chi connectivity index (χ0) is 23.3. The quantitative estimate of drug-likeness (QED) is 0.415. The smallest absolute Gasteiger partial charge is 0.264 e. The van der Waals surface area contributed by atoms with E-state index in [2.05, 4.69) is 15.3 Å². The first-order chi connectivity index (χ1) is 15.9. The van der Waals surface area contributed by atoms with Crippen LogP contribution < -0.4 is 9.62 Å². The third-order valence-corrected chi connectivity index (χ3v) is 7.38. The fourth-order valence-corrected chi connectivity index (χ4v) is 5.01. The lowest BCUT2D eigenvalue weighted by Gasteiger charge is -2.19. The van der Waals surface area contributed by atoms with E-state index in [1.54, 1.807) is 60.9 Å².